The van der Waals surface area contributed by atoms with E-state index in [0.29, 0.717) is 22.3 Å². The molecule has 1 aliphatic carbocycles. The summed E-state index contributed by atoms with van der Waals surface area (Å²) < 4.78 is 53.9. The predicted molar refractivity (Wildman–Crippen MR) is 121 cm³/mol. The lowest BCUT2D eigenvalue weighted by Crippen LogP contribution is -2.42. The van der Waals surface area contributed by atoms with Gasteiger partial charge >= 0.3 is 18.1 Å². The van der Waals surface area contributed by atoms with Crippen molar-refractivity contribution in [1.82, 2.24) is 0 Å². The van der Waals surface area contributed by atoms with Crippen LogP contribution in [0.1, 0.15) is 22.3 Å². The van der Waals surface area contributed by atoms with Crippen LogP contribution in [0.15, 0.2) is 60.7 Å². The van der Waals surface area contributed by atoms with Gasteiger partial charge in [-0.3, -0.25) is 9.59 Å². The molecule has 0 heterocycles. The Kier molecular flexibility index (Phi) is 5.98. The van der Waals surface area contributed by atoms with E-state index in [1.54, 1.807) is 54.6 Å². The van der Waals surface area contributed by atoms with Crippen molar-refractivity contribution in [1.29, 1.82) is 0 Å². The van der Waals surface area contributed by atoms with Gasteiger partial charge in [-0.2, -0.15) is 13.2 Å². The van der Waals surface area contributed by atoms with E-state index in [9.17, 15) is 22.8 Å². The van der Waals surface area contributed by atoms with Crippen molar-refractivity contribution in [3.8, 4) is 22.3 Å². The average Bonchev–Trinajstić information content (AvgIpc) is 3.23. The lowest BCUT2D eigenvalue weighted by Gasteiger charge is -2.23. The Morgan fingerprint density at radius 3 is 1.97 bits per heavy atom. The second-order valence-electron chi connectivity index (χ2n) is 8.46. The van der Waals surface area contributed by atoms with Crippen LogP contribution in [0.5, 0.6) is 0 Å². The fourth-order valence-electron chi connectivity index (χ4n) is 4.77. The number of fused-ring (bicyclic) bond motifs is 1. The molecule has 34 heavy (non-hydrogen) atoms. The zero-order chi connectivity index (χ0) is 24.7. The van der Waals surface area contributed by atoms with E-state index in [2.05, 4.69) is 0 Å². The van der Waals surface area contributed by atoms with Crippen molar-refractivity contribution >= 4 is 11.9 Å². The number of rotatable bonds is 4. The average molecular weight is 468 g/mol. The SMILES string of the molecule is COC(=O)C1(C(=O)OC)Cc2cc(-c3ccc(C)cc3)c(C(F)(F)F)c(-c3ccccc3)c2C1. The fraction of sp³-hybridized carbons (Fsp3) is 0.259. The highest BCUT2D eigenvalue weighted by molar-refractivity contribution is 6.02. The third-order valence-electron chi connectivity index (χ3n) is 6.36. The number of halogens is 3. The second kappa shape index (κ2) is 8.63. The fourth-order valence-corrected chi connectivity index (χ4v) is 4.77. The summed E-state index contributed by atoms with van der Waals surface area (Å²) >= 11 is 0. The van der Waals surface area contributed by atoms with Crippen molar-refractivity contribution < 1.29 is 32.2 Å². The molecule has 0 atom stereocenters. The molecule has 0 spiro atoms. The van der Waals surface area contributed by atoms with Crippen molar-refractivity contribution in [2.45, 2.75) is 25.9 Å². The number of ether oxygens (including phenoxy) is 2. The third-order valence-corrected chi connectivity index (χ3v) is 6.36. The summed E-state index contributed by atoms with van der Waals surface area (Å²) in [4.78, 5) is 25.6. The van der Waals surface area contributed by atoms with Crippen LogP contribution in [-0.2, 0) is 38.1 Å². The number of aryl methyl sites for hydroxylation is 1. The van der Waals surface area contributed by atoms with E-state index >= 15 is 0 Å². The summed E-state index contributed by atoms with van der Waals surface area (Å²) in [6, 6.07) is 16.5. The summed E-state index contributed by atoms with van der Waals surface area (Å²) in [5.41, 5.74) is -0.138. The number of carbonyl (C=O) groups excluding carboxylic acids is 2. The molecule has 0 bridgehead atoms. The van der Waals surface area contributed by atoms with Crippen LogP contribution >= 0.6 is 0 Å². The molecule has 0 aromatic heterocycles. The summed E-state index contributed by atoms with van der Waals surface area (Å²) in [5, 5.41) is 0. The quantitative estimate of drug-likeness (QED) is 0.360. The zero-order valence-corrected chi connectivity index (χ0v) is 19.0. The molecule has 176 valence electrons. The van der Waals surface area contributed by atoms with E-state index in [0.717, 1.165) is 19.8 Å². The van der Waals surface area contributed by atoms with Crippen molar-refractivity contribution in [3.05, 3.63) is 82.9 Å². The molecular weight excluding hydrogens is 445 g/mol. The van der Waals surface area contributed by atoms with Crippen LogP contribution in [0.4, 0.5) is 13.2 Å². The molecule has 0 saturated heterocycles. The van der Waals surface area contributed by atoms with Gasteiger partial charge in [-0.15, -0.1) is 0 Å². The molecule has 3 aromatic rings. The lowest BCUT2D eigenvalue weighted by atomic mass is 9.83. The Hall–Kier alpha value is -3.61. The molecule has 0 N–H and O–H groups in total. The van der Waals surface area contributed by atoms with Crippen molar-refractivity contribution in [2.75, 3.05) is 14.2 Å². The Morgan fingerprint density at radius 2 is 1.44 bits per heavy atom. The topological polar surface area (TPSA) is 52.6 Å². The van der Waals surface area contributed by atoms with Gasteiger partial charge in [0.2, 0.25) is 0 Å². The van der Waals surface area contributed by atoms with E-state index in [1.807, 2.05) is 6.92 Å². The normalized spacial score (nSPS) is 14.4. The van der Waals surface area contributed by atoms with E-state index in [-0.39, 0.29) is 24.0 Å². The maximum atomic E-state index is 14.7. The van der Waals surface area contributed by atoms with Crippen LogP contribution in [0, 0.1) is 12.3 Å². The van der Waals surface area contributed by atoms with Gasteiger partial charge in [0.15, 0.2) is 5.41 Å². The van der Waals surface area contributed by atoms with Crippen LogP contribution in [0.2, 0.25) is 0 Å². The minimum Gasteiger partial charge on any atom is -0.468 e. The van der Waals surface area contributed by atoms with Crippen molar-refractivity contribution in [2.24, 2.45) is 5.41 Å². The zero-order valence-electron chi connectivity index (χ0n) is 19.0. The first-order valence-corrected chi connectivity index (χ1v) is 10.7. The Labute approximate surface area is 195 Å². The standard InChI is InChI=1S/C27H23F3O4/c1-16-9-11-17(12-10-16)20-13-19-14-26(24(31)33-2,25(32)34-3)15-21(19)22(23(20)27(28,29)30)18-7-5-4-6-8-18/h4-13H,14-15H2,1-3H3. The minimum absolute atomic E-state index is 0.00404. The number of esters is 2. The van der Waals surface area contributed by atoms with Crippen molar-refractivity contribution in [3.63, 3.8) is 0 Å². The first kappa shape index (κ1) is 23.5. The number of hydrogen-bond acceptors (Lipinski definition) is 4. The third kappa shape index (κ3) is 3.85. The molecule has 0 unspecified atom stereocenters. The monoisotopic (exact) mass is 468 g/mol. The molecule has 4 nitrogen and oxygen atoms in total. The predicted octanol–water partition coefficient (Wildman–Crippen LogP) is 5.78. The molecular formula is C27H23F3O4. The van der Waals surface area contributed by atoms with Gasteiger partial charge in [-0.25, -0.2) is 0 Å². The van der Waals surface area contributed by atoms with Gasteiger partial charge in [0, 0.05) is 6.42 Å². The largest absolute Gasteiger partial charge is 0.468 e. The number of methoxy groups -OCH3 is 2. The first-order valence-electron chi connectivity index (χ1n) is 10.7. The maximum Gasteiger partial charge on any atom is 0.417 e. The second-order valence-corrected chi connectivity index (χ2v) is 8.46. The summed E-state index contributed by atoms with van der Waals surface area (Å²) in [7, 11) is 2.29. The molecule has 0 fully saturated rings. The molecule has 0 amide bonds. The molecule has 3 aromatic carbocycles. The van der Waals surface area contributed by atoms with Gasteiger partial charge in [-0.1, -0.05) is 66.2 Å². The number of benzene rings is 3. The molecule has 1 aliphatic rings. The van der Waals surface area contributed by atoms with Gasteiger partial charge in [0.25, 0.3) is 0 Å². The maximum absolute atomic E-state index is 14.7. The van der Waals surface area contributed by atoms with Crippen LogP contribution in [0.3, 0.4) is 0 Å². The summed E-state index contributed by atoms with van der Waals surface area (Å²) in [5.74, 6) is -1.67. The first-order chi connectivity index (χ1) is 16.1. The highest BCUT2D eigenvalue weighted by atomic mass is 19.4. The lowest BCUT2D eigenvalue weighted by molar-refractivity contribution is -0.168. The van der Waals surface area contributed by atoms with Gasteiger partial charge in [0.1, 0.15) is 0 Å². The van der Waals surface area contributed by atoms with Gasteiger partial charge in [0.05, 0.1) is 19.8 Å². The molecule has 7 heteroatoms. The molecule has 0 aliphatic heterocycles. The Balaban J connectivity index is 2.09. The van der Waals surface area contributed by atoms with E-state index in [1.165, 1.54) is 6.07 Å². The Morgan fingerprint density at radius 1 is 0.853 bits per heavy atom. The van der Waals surface area contributed by atoms with Crippen LogP contribution in [0.25, 0.3) is 22.3 Å². The molecule has 4 rings (SSSR count). The van der Waals surface area contributed by atoms with Crippen LogP contribution < -0.4 is 0 Å². The number of carbonyl (C=O) groups is 2. The summed E-state index contributed by atoms with van der Waals surface area (Å²) in [6.07, 6.45) is -5.05. The Bertz CT molecular complexity index is 1230. The summed E-state index contributed by atoms with van der Waals surface area (Å²) in [6.45, 7) is 1.85. The van der Waals surface area contributed by atoms with E-state index in [4.69, 9.17) is 9.47 Å². The molecule has 0 saturated carbocycles. The van der Waals surface area contributed by atoms with E-state index < -0.39 is 29.1 Å². The number of hydrogen-bond donors (Lipinski definition) is 0. The molecule has 0 radical (unpaired) electrons. The number of alkyl halides is 3. The van der Waals surface area contributed by atoms with Crippen LogP contribution in [-0.4, -0.2) is 26.2 Å². The van der Waals surface area contributed by atoms with Gasteiger partial charge in [-0.05, 0) is 46.7 Å². The minimum atomic E-state index is -4.69. The van der Waals surface area contributed by atoms with Gasteiger partial charge < -0.3 is 9.47 Å². The smallest absolute Gasteiger partial charge is 0.417 e. The highest BCUT2D eigenvalue weighted by Crippen LogP contribution is 2.51. The highest BCUT2D eigenvalue weighted by Gasteiger charge is 2.54.